The number of anilines is 1. The number of carbonyl (C=O) groups is 2. The van der Waals surface area contributed by atoms with Gasteiger partial charge in [-0.3, -0.25) is 9.59 Å². The summed E-state index contributed by atoms with van der Waals surface area (Å²) in [6.45, 7) is 4.04. The van der Waals surface area contributed by atoms with E-state index in [4.69, 9.17) is 4.42 Å². The van der Waals surface area contributed by atoms with Gasteiger partial charge < -0.3 is 14.6 Å². The summed E-state index contributed by atoms with van der Waals surface area (Å²) in [6.07, 6.45) is 1.81. The maximum Gasteiger partial charge on any atom is 0.255 e. The fourth-order valence-corrected chi connectivity index (χ4v) is 2.91. The van der Waals surface area contributed by atoms with Gasteiger partial charge >= 0.3 is 0 Å². The Labute approximate surface area is 152 Å². The van der Waals surface area contributed by atoms with Gasteiger partial charge in [-0.05, 0) is 37.1 Å². The minimum absolute atomic E-state index is 0.152. The van der Waals surface area contributed by atoms with Crippen LogP contribution in [0.4, 0.5) is 5.69 Å². The molecule has 0 spiro atoms. The van der Waals surface area contributed by atoms with E-state index in [-0.39, 0.29) is 18.2 Å². The molecule has 0 radical (unpaired) electrons. The predicted octanol–water partition coefficient (Wildman–Crippen LogP) is 3.93. The van der Waals surface area contributed by atoms with Crippen molar-refractivity contribution in [1.82, 2.24) is 4.90 Å². The lowest BCUT2D eigenvalue weighted by molar-refractivity contribution is -0.115. The zero-order chi connectivity index (χ0) is 18.8. The lowest BCUT2D eigenvalue weighted by Crippen LogP contribution is -2.24. The second-order valence-corrected chi connectivity index (χ2v) is 6.62. The van der Waals surface area contributed by atoms with Crippen molar-refractivity contribution in [2.24, 2.45) is 0 Å². The average molecular weight is 350 g/mol. The molecule has 2 amide bonds. The molecule has 0 saturated carbocycles. The van der Waals surface area contributed by atoms with Crippen molar-refractivity contribution in [3.8, 4) is 0 Å². The first-order chi connectivity index (χ1) is 12.4. The summed E-state index contributed by atoms with van der Waals surface area (Å²) in [5.74, 6) is -0.342. The van der Waals surface area contributed by atoms with Gasteiger partial charge in [0.2, 0.25) is 5.91 Å². The fraction of sp³-hybridized carbons (Fsp3) is 0.238. The van der Waals surface area contributed by atoms with Gasteiger partial charge in [0, 0.05) is 25.0 Å². The molecule has 3 rings (SSSR count). The van der Waals surface area contributed by atoms with E-state index >= 15 is 0 Å². The zero-order valence-electron chi connectivity index (χ0n) is 15.4. The van der Waals surface area contributed by atoms with Gasteiger partial charge in [0.25, 0.3) is 5.91 Å². The van der Waals surface area contributed by atoms with Gasteiger partial charge in [-0.2, -0.15) is 0 Å². The molecule has 0 aliphatic carbocycles. The third kappa shape index (κ3) is 3.33. The van der Waals surface area contributed by atoms with E-state index in [0.717, 1.165) is 27.7 Å². The lowest BCUT2D eigenvalue weighted by Gasteiger charge is -2.14. The molecule has 3 aromatic rings. The number of carbonyl (C=O) groups excluding carboxylic acids is 2. The second-order valence-electron chi connectivity index (χ2n) is 6.62. The van der Waals surface area contributed by atoms with E-state index in [2.05, 4.69) is 5.32 Å². The Balaban J connectivity index is 1.83. The number of hydrogen-bond acceptors (Lipinski definition) is 3. The van der Waals surface area contributed by atoms with E-state index in [0.29, 0.717) is 11.3 Å². The molecule has 1 aromatic heterocycles. The number of para-hydroxylation sites is 1. The number of hydrogen-bond donors (Lipinski definition) is 1. The van der Waals surface area contributed by atoms with Crippen LogP contribution in [0.25, 0.3) is 11.0 Å². The van der Waals surface area contributed by atoms with Gasteiger partial charge in [0.1, 0.15) is 5.58 Å². The summed E-state index contributed by atoms with van der Waals surface area (Å²) < 4.78 is 5.66. The maximum atomic E-state index is 12.5. The van der Waals surface area contributed by atoms with Crippen molar-refractivity contribution in [1.29, 1.82) is 0 Å². The monoisotopic (exact) mass is 350 g/mol. The third-order valence-electron chi connectivity index (χ3n) is 4.53. The molecular weight excluding hydrogens is 328 g/mol. The maximum absolute atomic E-state index is 12.5. The highest BCUT2D eigenvalue weighted by Crippen LogP contribution is 2.27. The first kappa shape index (κ1) is 17.7. The zero-order valence-corrected chi connectivity index (χ0v) is 15.4. The SMILES string of the molecule is Cc1ccc2c(CC(=O)Nc3ccccc3C(=O)N(C)C)coc2c1C. The molecule has 134 valence electrons. The number of rotatable bonds is 4. The van der Waals surface area contributed by atoms with Crippen molar-refractivity contribution in [2.75, 3.05) is 19.4 Å². The standard InChI is InChI=1S/C21H22N2O3/c1-13-9-10-16-15(12-26-20(16)14(13)2)11-19(24)22-18-8-6-5-7-17(18)21(25)23(3)4/h5-10,12H,11H2,1-4H3,(H,22,24). The van der Waals surface area contributed by atoms with Gasteiger partial charge in [-0.25, -0.2) is 0 Å². The van der Waals surface area contributed by atoms with E-state index in [1.807, 2.05) is 26.0 Å². The summed E-state index contributed by atoms with van der Waals surface area (Å²) in [5, 5.41) is 3.79. The van der Waals surface area contributed by atoms with Crippen molar-refractivity contribution in [3.63, 3.8) is 0 Å². The topological polar surface area (TPSA) is 62.6 Å². The van der Waals surface area contributed by atoms with E-state index in [1.165, 1.54) is 4.90 Å². The van der Waals surface area contributed by atoms with Gasteiger partial charge in [-0.1, -0.05) is 24.3 Å². The number of nitrogens with one attached hydrogen (secondary N) is 1. The Morgan fingerprint density at radius 1 is 1.08 bits per heavy atom. The Bertz CT molecular complexity index is 986. The molecular formula is C21H22N2O3. The largest absolute Gasteiger partial charge is 0.464 e. The van der Waals surface area contributed by atoms with Crippen LogP contribution in [0.3, 0.4) is 0 Å². The van der Waals surface area contributed by atoms with Crippen LogP contribution in [0.1, 0.15) is 27.0 Å². The summed E-state index contributed by atoms with van der Waals surface area (Å²) in [7, 11) is 3.37. The van der Waals surface area contributed by atoms with Crippen molar-refractivity contribution in [3.05, 3.63) is 64.9 Å². The van der Waals surface area contributed by atoms with Gasteiger partial charge in [0.05, 0.1) is 23.9 Å². The smallest absolute Gasteiger partial charge is 0.255 e. The Hall–Kier alpha value is -3.08. The molecule has 5 nitrogen and oxygen atoms in total. The van der Waals surface area contributed by atoms with E-state index in [1.54, 1.807) is 44.6 Å². The molecule has 1 N–H and O–H groups in total. The lowest BCUT2D eigenvalue weighted by atomic mass is 10.0. The molecule has 26 heavy (non-hydrogen) atoms. The van der Waals surface area contributed by atoms with Crippen LogP contribution in [0.5, 0.6) is 0 Å². The highest BCUT2D eigenvalue weighted by Gasteiger charge is 2.16. The minimum Gasteiger partial charge on any atom is -0.464 e. The average Bonchev–Trinajstić information content (AvgIpc) is 3.01. The first-order valence-corrected chi connectivity index (χ1v) is 8.45. The summed E-state index contributed by atoms with van der Waals surface area (Å²) >= 11 is 0. The van der Waals surface area contributed by atoms with Crippen LogP contribution >= 0.6 is 0 Å². The molecule has 0 bridgehead atoms. The van der Waals surface area contributed by atoms with Gasteiger partial charge in [0.15, 0.2) is 0 Å². The molecule has 0 saturated heterocycles. The van der Waals surface area contributed by atoms with Crippen LogP contribution in [0.15, 0.2) is 47.1 Å². The Morgan fingerprint density at radius 3 is 2.54 bits per heavy atom. The molecule has 5 heteroatoms. The normalized spacial score (nSPS) is 10.8. The molecule has 1 heterocycles. The van der Waals surface area contributed by atoms with Crippen LogP contribution in [-0.2, 0) is 11.2 Å². The summed E-state index contributed by atoms with van der Waals surface area (Å²) in [6, 6.07) is 11.0. The van der Waals surface area contributed by atoms with Crippen molar-refractivity contribution < 1.29 is 14.0 Å². The molecule has 2 aromatic carbocycles. The molecule has 0 atom stereocenters. The predicted molar refractivity (Wildman–Crippen MR) is 102 cm³/mol. The van der Waals surface area contributed by atoms with E-state index in [9.17, 15) is 9.59 Å². The van der Waals surface area contributed by atoms with Crippen LogP contribution < -0.4 is 5.32 Å². The quantitative estimate of drug-likeness (QED) is 0.775. The molecule has 0 unspecified atom stereocenters. The number of amides is 2. The minimum atomic E-state index is -0.190. The summed E-state index contributed by atoms with van der Waals surface area (Å²) in [5.41, 5.74) is 4.86. The Kier molecular flexibility index (Phi) is 4.80. The first-order valence-electron chi connectivity index (χ1n) is 8.45. The van der Waals surface area contributed by atoms with Crippen molar-refractivity contribution >= 4 is 28.5 Å². The molecule has 0 fully saturated rings. The number of benzene rings is 2. The van der Waals surface area contributed by atoms with Crippen LogP contribution in [-0.4, -0.2) is 30.8 Å². The third-order valence-corrected chi connectivity index (χ3v) is 4.53. The summed E-state index contributed by atoms with van der Waals surface area (Å²) in [4.78, 5) is 26.3. The highest BCUT2D eigenvalue weighted by molar-refractivity contribution is 6.04. The molecule has 0 aliphatic heterocycles. The second kappa shape index (κ2) is 7.04. The van der Waals surface area contributed by atoms with E-state index < -0.39 is 0 Å². The number of aryl methyl sites for hydroxylation is 2. The van der Waals surface area contributed by atoms with Gasteiger partial charge in [-0.15, -0.1) is 0 Å². The van der Waals surface area contributed by atoms with Crippen molar-refractivity contribution in [2.45, 2.75) is 20.3 Å². The highest BCUT2D eigenvalue weighted by atomic mass is 16.3. The fourth-order valence-electron chi connectivity index (χ4n) is 2.91. The van der Waals surface area contributed by atoms with Crippen LogP contribution in [0.2, 0.25) is 0 Å². The number of nitrogens with zero attached hydrogens (tertiary/aromatic N) is 1. The number of furan rings is 1. The Morgan fingerprint density at radius 2 is 1.81 bits per heavy atom. The van der Waals surface area contributed by atoms with Crippen LogP contribution in [0, 0.1) is 13.8 Å². The molecule has 0 aliphatic rings. The number of fused-ring (bicyclic) bond motifs is 1.